The number of nitrogens with one attached hydrogen (secondary N) is 1. The Balaban J connectivity index is 1.81. The summed E-state index contributed by atoms with van der Waals surface area (Å²) in [5.74, 6) is 0.789. The van der Waals surface area contributed by atoms with Crippen molar-refractivity contribution in [3.63, 3.8) is 0 Å². The third kappa shape index (κ3) is 2.91. The molecule has 3 heterocycles. The van der Waals surface area contributed by atoms with Gasteiger partial charge in [0.15, 0.2) is 0 Å². The molecule has 0 atom stereocenters. The van der Waals surface area contributed by atoms with Crippen molar-refractivity contribution < 1.29 is 4.39 Å². The van der Waals surface area contributed by atoms with Gasteiger partial charge in [-0.05, 0) is 36.1 Å². The molecule has 0 unspecified atom stereocenters. The van der Waals surface area contributed by atoms with Crippen LogP contribution in [0.1, 0.15) is 56.6 Å². The molecule has 138 valence electrons. The topological polar surface area (TPSA) is 46.0 Å². The first kappa shape index (κ1) is 16.5. The first-order valence-electron chi connectivity index (χ1n) is 9.83. The predicted octanol–water partition coefficient (Wildman–Crippen LogP) is 3.99. The summed E-state index contributed by atoms with van der Waals surface area (Å²) < 4.78 is 16.3. The quantitative estimate of drug-likeness (QED) is 0.819. The van der Waals surface area contributed by atoms with Gasteiger partial charge in [-0.1, -0.05) is 31.4 Å². The standard InChI is InChI=1S/C22H23FN4/c23-16-6-4-5-15(13-16)20-21(18-9-11-24-22-19(18)10-12-25-22)27(14-26-20)17-7-2-1-3-8-17/h4-6,10-12,14,17,25H,1-3,7-9,13H2. The lowest BCUT2D eigenvalue weighted by Crippen LogP contribution is -2.37. The van der Waals surface area contributed by atoms with E-state index in [2.05, 4.69) is 20.6 Å². The fourth-order valence-electron chi connectivity index (χ4n) is 4.54. The molecule has 27 heavy (non-hydrogen) atoms. The van der Waals surface area contributed by atoms with Gasteiger partial charge in [0, 0.05) is 36.9 Å². The van der Waals surface area contributed by atoms with E-state index in [1.54, 1.807) is 6.08 Å². The predicted molar refractivity (Wildman–Crippen MR) is 106 cm³/mol. The highest BCUT2D eigenvalue weighted by Crippen LogP contribution is 2.30. The largest absolute Gasteiger partial charge is 0.346 e. The van der Waals surface area contributed by atoms with E-state index in [0.29, 0.717) is 12.5 Å². The molecule has 4 nitrogen and oxygen atoms in total. The number of halogens is 1. The Labute approximate surface area is 157 Å². The van der Waals surface area contributed by atoms with Crippen LogP contribution in [0.3, 0.4) is 0 Å². The summed E-state index contributed by atoms with van der Waals surface area (Å²) in [4.78, 5) is 12.5. The highest BCUT2D eigenvalue weighted by Gasteiger charge is 2.21. The van der Waals surface area contributed by atoms with E-state index >= 15 is 0 Å². The number of fused-ring (bicyclic) bond motifs is 1. The molecule has 2 aliphatic carbocycles. The van der Waals surface area contributed by atoms with Crippen LogP contribution in [0.5, 0.6) is 0 Å². The van der Waals surface area contributed by atoms with Crippen molar-refractivity contribution in [2.24, 2.45) is 4.99 Å². The minimum Gasteiger partial charge on any atom is -0.346 e. The highest BCUT2D eigenvalue weighted by atomic mass is 19.1. The molecule has 5 rings (SSSR count). The number of aromatic amines is 1. The molecule has 2 aromatic rings. The lowest BCUT2D eigenvalue weighted by Gasteiger charge is -2.24. The van der Waals surface area contributed by atoms with Gasteiger partial charge in [0.1, 0.15) is 11.6 Å². The van der Waals surface area contributed by atoms with Gasteiger partial charge in [-0.2, -0.15) is 0 Å². The fraction of sp³-hybridized carbons (Fsp3) is 0.364. The third-order valence-electron chi connectivity index (χ3n) is 5.85. The van der Waals surface area contributed by atoms with E-state index in [4.69, 9.17) is 4.98 Å². The summed E-state index contributed by atoms with van der Waals surface area (Å²) >= 11 is 0. The number of aromatic nitrogens is 3. The average Bonchev–Trinajstić information content (AvgIpc) is 3.35. The molecule has 1 aliphatic heterocycles. The van der Waals surface area contributed by atoms with E-state index in [9.17, 15) is 4.39 Å². The van der Waals surface area contributed by atoms with Gasteiger partial charge in [0.05, 0.1) is 17.0 Å². The first-order chi connectivity index (χ1) is 13.3. The minimum atomic E-state index is -0.108. The number of hydrogen-bond acceptors (Lipinski definition) is 2. The van der Waals surface area contributed by atoms with E-state index < -0.39 is 0 Å². The van der Waals surface area contributed by atoms with Crippen LogP contribution in [-0.2, 0) is 0 Å². The lowest BCUT2D eigenvalue weighted by molar-refractivity contribution is 0.348. The van der Waals surface area contributed by atoms with Gasteiger partial charge < -0.3 is 9.55 Å². The second kappa shape index (κ2) is 6.80. The van der Waals surface area contributed by atoms with Crippen LogP contribution in [0.2, 0.25) is 0 Å². The number of rotatable bonds is 1. The zero-order valence-corrected chi connectivity index (χ0v) is 15.3. The number of aliphatic imine (C=N–C) groups is 1. The van der Waals surface area contributed by atoms with Crippen molar-refractivity contribution >= 4 is 23.2 Å². The Kier molecular flexibility index (Phi) is 4.15. The average molecular weight is 362 g/mol. The second-order valence-corrected chi connectivity index (χ2v) is 7.55. The zero-order chi connectivity index (χ0) is 18.2. The van der Waals surface area contributed by atoms with Gasteiger partial charge in [0.2, 0.25) is 0 Å². The van der Waals surface area contributed by atoms with Crippen LogP contribution in [0, 0.1) is 0 Å². The summed E-state index contributed by atoms with van der Waals surface area (Å²) in [6.07, 6.45) is 18.5. The lowest BCUT2D eigenvalue weighted by atomic mass is 9.94. The summed E-state index contributed by atoms with van der Waals surface area (Å²) in [5.41, 5.74) is 3.31. The Morgan fingerprint density at radius 1 is 1.19 bits per heavy atom. The summed E-state index contributed by atoms with van der Waals surface area (Å²) in [6.45, 7) is 0. The molecular formula is C22H23FN4. The second-order valence-electron chi connectivity index (χ2n) is 7.55. The van der Waals surface area contributed by atoms with E-state index in [-0.39, 0.29) is 5.83 Å². The number of H-pyrrole nitrogens is 1. The molecule has 0 radical (unpaired) electrons. The van der Waals surface area contributed by atoms with Crippen molar-refractivity contribution in [2.45, 2.75) is 51.0 Å². The fourth-order valence-corrected chi connectivity index (χ4v) is 4.54. The van der Waals surface area contributed by atoms with Crippen molar-refractivity contribution in [3.8, 4) is 0 Å². The van der Waals surface area contributed by atoms with Gasteiger partial charge in [-0.15, -0.1) is 0 Å². The monoisotopic (exact) mass is 362 g/mol. The molecule has 1 N–H and O–H groups in total. The van der Waals surface area contributed by atoms with Crippen molar-refractivity contribution in [1.82, 2.24) is 14.5 Å². The molecule has 1 fully saturated rings. The normalized spacial score (nSPS) is 24.1. The summed E-state index contributed by atoms with van der Waals surface area (Å²) in [7, 11) is 0. The molecule has 3 aliphatic rings. The van der Waals surface area contributed by atoms with E-state index in [1.165, 1.54) is 43.8 Å². The zero-order valence-electron chi connectivity index (χ0n) is 15.3. The molecule has 0 aromatic carbocycles. The van der Waals surface area contributed by atoms with Crippen molar-refractivity contribution in [3.05, 3.63) is 58.9 Å². The minimum absolute atomic E-state index is 0.108. The third-order valence-corrected chi connectivity index (χ3v) is 5.85. The first-order valence-corrected chi connectivity index (χ1v) is 9.83. The van der Waals surface area contributed by atoms with Gasteiger partial charge in [-0.25, -0.2) is 14.4 Å². The molecule has 1 saturated carbocycles. The van der Waals surface area contributed by atoms with Crippen molar-refractivity contribution in [1.29, 1.82) is 0 Å². The maximum atomic E-state index is 14.0. The van der Waals surface area contributed by atoms with Crippen LogP contribution in [0.15, 0.2) is 47.6 Å². The molecule has 0 saturated heterocycles. The molecule has 0 amide bonds. The highest BCUT2D eigenvalue weighted by molar-refractivity contribution is 5.88. The Hall–Kier alpha value is -2.69. The number of hydrogen-bond donors (Lipinski definition) is 1. The summed E-state index contributed by atoms with van der Waals surface area (Å²) in [6, 6.07) is 2.56. The van der Waals surface area contributed by atoms with Crippen LogP contribution in [0.25, 0.3) is 11.1 Å². The molecule has 5 heteroatoms. The molecule has 2 aromatic heterocycles. The Bertz CT molecular complexity index is 1070. The maximum Gasteiger partial charge on any atom is 0.137 e. The van der Waals surface area contributed by atoms with Gasteiger partial charge in [0.25, 0.3) is 0 Å². The van der Waals surface area contributed by atoms with Crippen molar-refractivity contribution in [2.75, 3.05) is 0 Å². The molecule has 0 spiro atoms. The van der Waals surface area contributed by atoms with Crippen LogP contribution >= 0.6 is 0 Å². The molecule has 0 bridgehead atoms. The van der Waals surface area contributed by atoms with Crippen LogP contribution < -0.4 is 10.7 Å². The smallest absolute Gasteiger partial charge is 0.137 e. The molecular weight excluding hydrogens is 339 g/mol. The van der Waals surface area contributed by atoms with Gasteiger partial charge >= 0.3 is 0 Å². The number of imidazole rings is 1. The maximum absolute atomic E-state index is 14.0. The Morgan fingerprint density at radius 3 is 2.93 bits per heavy atom. The van der Waals surface area contributed by atoms with Gasteiger partial charge in [-0.3, -0.25) is 0 Å². The van der Waals surface area contributed by atoms with Crippen LogP contribution in [-0.4, -0.2) is 20.7 Å². The number of nitrogens with zero attached hydrogens (tertiary/aromatic N) is 3. The van der Waals surface area contributed by atoms with E-state index in [0.717, 1.165) is 34.1 Å². The Morgan fingerprint density at radius 2 is 2.07 bits per heavy atom. The van der Waals surface area contributed by atoms with Crippen LogP contribution in [0.4, 0.5) is 10.2 Å². The summed E-state index contributed by atoms with van der Waals surface area (Å²) in [5, 5.41) is 2.06. The number of allylic oxidation sites excluding steroid dienone is 4. The SMILES string of the molecule is FC1=CC=CC(=c2ncn(C3CCCCC3)c2=C2CC=Nc3[nH]ccc32)C1. The van der Waals surface area contributed by atoms with E-state index in [1.807, 2.05) is 24.8 Å².